The molecule has 3 N–H and O–H groups in total. The van der Waals surface area contributed by atoms with Crippen LogP contribution < -0.4 is 5.32 Å². The highest BCUT2D eigenvalue weighted by Crippen LogP contribution is 2.40. The third kappa shape index (κ3) is 22.5. The largest absolute Gasteiger partial charge is 0.457 e. The second-order valence-corrected chi connectivity index (χ2v) is 12.3. The van der Waals surface area contributed by atoms with Gasteiger partial charge in [-0.25, -0.2) is 0 Å². The summed E-state index contributed by atoms with van der Waals surface area (Å²) in [4.78, 5) is 21.6. The first kappa shape index (κ1) is 34.5. The van der Waals surface area contributed by atoms with E-state index in [4.69, 9.17) is 14.0 Å². The van der Waals surface area contributed by atoms with E-state index in [0.717, 1.165) is 6.42 Å². The van der Waals surface area contributed by atoms with Crippen molar-refractivity contribution in [3.63, 3.8) is 0 Å². The van der Waals surface area contributed by atoms with Crippen LogP contribution in [0.4, 0.5) is 0 Å². The van der Waals surface area contributed by atoms with Crippen molar-refractivity contribution < 1.29 is 33.6 Å². The lowest BCUT2D eigenvalue weighted by Crippen LogP contribution is -2.80. The van der Waals surface area contributed by atoms with Crippen molar-refractivity contribution in [3.05, 3.63) is 0 Å². The average Bonchev–Trinajstić information content (AvgIpc) is 2.82. The SMILES string of the molecule is CCCCCCCCCCCCC(C)CC(C)COCC(COP(=O)(O)CC[NH2+]C)OC(=O)CC. The molecule has 4 atom stereocenters. The van der Waals surface area contributed by atoms with Crippen LogP contribution in [0.3, 0.4) is 0 Å². The molecule has 0 radical (unpaired) electrons. The molecular weight excluding hydrogens is 465 g/mol. The lowest BCUT2D eigenvalue weighted by atomic mass is 9.93. The summed E-state index contributed by atoms with van der Waals surface area (Å²) in [6.45, 7) is 9.59. The van der Waals surface area contributed by atoms with Crippen LogP contribution in [0.25, 0.3) is 0 Å². The van der Waals surface area contributed by atoms with E-state index in [1.165, 1.54) is 70.6 Å². The molecule has 0 bridgehead atoms. The van der Waals surface area contributed by atoms with Gasteiger partial charge in [-0.15, -0.1) is 0 Å². The molecule has 7 nitrogen and oxygen atoms in total. The first-order valence-electron chi connectivity index (χ1n) is 14.2. The molecule has 0 rings (SSSR count). The number of unbranched alkanes of at least 4 members (excludes halogenated alkanes) is 9. The third-order valence-electron chi connectivity index (χ3n) is 6.31. The van der Waals surface area contributed by atoms with Crippen molar-refractivity contribution in [2.24, 2.45) is 11.8 Å². The van der Waals surface area contributed by atoms with Gasteiger partial charge in [0.1, 0.15) is 6.10 Å². The molecule has 35 heavy (non-hydrogen) atoms. The maximum atomic E-state index is 12.1. The maximum absolute atomic E-state index is 12.1. The van der Waals surface area contributed by atoms with Gasteiger partial charge in [0.2, 0.25) is 0 Å². The van der Waals surface area contributed by atoms with Crippen LogP contribution in [0.15, 0.2) is 0 Å². The highest BCUT2D eigenvalue weighted by molar-refractivity contribution is 7.52. The number of carbonyl (C=O) groups excluding carboxylic acids is 1. The van der Waals surface area contributed by atoms with Gasteiger partial charge in [0, 0.05) is 13.0 Å². The minimum Gasteiger partial charge on any atom is -0.457 e. The van der Waals surface area contributed by atoms with E-state index < -0.39 is 13.7 Å². The lowest BCUT2D eigenvalue weighted by Gasteiger charge is -2.21. The van der Waals surface area contributed by atoms with Crippen LogP contribution in [-0.2, 0) is 23.4 Å². The van der Waals surface area contributed by atoms with Crippen LogP contribution in [-0.4, -0.2) is 56.5 Å². The Morgan fingerprint density at radius 2 is 1.49 bits per heavy atom. The molecule has 4 unspecified atom stereocenters. The van der Waals surface area contributed by atoms with Crippen LogP contribution in [0, 0.1) is 11.8 Å². The van der Waals surface area contributed by atoms with Crippen molar-refractivity contribution in [1.29, 1.82) is 0 Å². The number of hydrogen-bond donors (Lipinski definition) is 2. The summed E-state index contributed by atoms with van der Waals surface area (Å²) in [5, 5.41) is 1.82. The second kappa shape index (κ2) is 22.7. The van der Waals surface area contributed by atoms with Crippen molar-refractivity contribution in [3.8, 4) is 0 Å². The Balaban J connectivity index is 4.05. The Morgan fingerprint density at radius 1 is 0.886 bits per heavy atom. The van der Waals surface area contributed by atoms with Gasteiger partial charge in [-0.2, -0.15) is 0 Å². The highest BCUT2D eigenvalue weighted by Gasteiger charge is 2.24. The summed E-state index contributed by atoms with van der Waals surface area (Å²) in [6, 6.07) is 0. The zero-order valence-corrected chi connectivity index (χ0v) is 24.4. The van der Waals surface area contributed by atoms with Gasteiger partial charge in [0.05, 0.1) is 33.0 Å². The van der Waals surface area contributed by atoms with Crippen molar-refractivity contribution in [1.82, 2.24) is 0 Å². The van der Waals surface area contributed by atoms with E-state index in [2.05, 4.69) is 20.8 Å². The van der Waals surface area contributed by atoms with E-state index in [1.54, 1.807) is 6.92 Å². The molecule has 0 saturated carbocycles. The number of hydrogen-bond acceptors (Lipinski definition) is 5. The molecule has 0 aliphatic heterocycles. The van der Waals surface area contributed by atoms with E-state index in [-0.39, 0.29) is 31.8 Å². The zero-order valence-electron chi connectivity index (χ0n) is 23.5. The third-order valence-corrected chi connectivity index (χ3v) is 7.69. The van der Waals surface area contributed by atoms with Gasteiger partial charge in [-0.05, 0) is 18.3 Å². The van der Waals surface area contributed by atoms with Crippen LogP contribution in [0.1, 0.15) is 111 Å². The smallest absolute Gasteiger partial charge is 0.333 e. The number of esters is 1. The second-order valence-electron chi connectivity index (χ2n) is 10.3. The zero-order chi connectivity index (χ0) is 26.4. The van der Waals surface area contributed by atoms with E-state index in [0.29, 0.717) is 25.0 Å². The standard InChI is InChI=1S/C27H56NO6P/c1-6-8-9-10-11-12-13-14-15-16-17-24(3)20-25(4)21-32-22-26(34-27(29)7-2)23-33-35(30,31)19-18-28-5/h24-26,28H,6-23H2,1-5H3,(H,30,31)/p+1. The predicted molar refractivity (Wildman–Crippen MR) is 144 cm³/mol. The minimum atomic E-state index is -3.69. The molecule has 0 fully saturated rings. The molecule has 0 aliphatic carbocycles. The monoisotopic (exact) mass is 522 g/mol. The molecule has 0 aromatic carbocycles. The van der Waals surface area contributed by atoms with Gasteiger partial charge >= 0.3 is 13.6 Å². The molecule has 0 aromatic rings. The Labute approximate surface area is 216 Å². The summed E-state index contributed by atoms with van der Waals surface area (Å²) in [5.74, 6) is 0.700. The van der Waals surface area contributed by atoms with E-state index >= 15 is 0 Å². The fourth-order valence-corrected chi connectivity index (χ4v) is 5.31. The number of nitrogens with two attached hydrogens (primary N) is 1. The van der Waals surface area contributed by atoms with Crippen LogP contribution in [0.5, 0.6) is 0 Å². The molecule has 0 amide bonds. The molecule has 0 saturated heterocycles. The number of ether oxygens (including phenoxy) is 2. The first-order valence-corrected chi connectivity index (χ1v) is 16.0. The van der Waals surface area contributed by atoms with Crippen molar-refractivity contribution >= 4 is 13.6 Å². The fourth-order valence-electron chi connectivity index (χ4n) is 4.20. The Bertz CT molecular complexity index is 548. The molecule has 0 spiro atoms. The quantitative estimate of drug-likeness (QED) is 0.0907. The number of rotatable bonds is 25. The normalized spacial score (nSPS) is 15.9. The van der Waals surface area contributed by atoms with E-state index in [9.17, 15) is 14.3 Å². The molecular formula is C27H57NO6P+. The first-order chi connectivity index (χ1) is 16.7. The van der Waals surface area contributed by atoms with Crippen LogP contribution in [0.2, 0.25) is 0 Å². The average molecular weight is 523 g/mol. The summed E-state index contributed by atoms with van der Waals surface area (Å²) < 4.78 is 28.4. The summed E-state index contributed by atoms with van der Waals surface area (Å²) >= 11 is 0. The number of quaternary nitrogens is 1. The molecule has 0 heterocycles. The predicted octanol–water partition coefficient (Wildman–Crippen LogP) is 5.69. The number of carbonyl (C=O) groups is 1. The Kier molecular flexibility index (Phi) is 22.4. The summed E-state index contributed by atoms with van der Waals surface area (Å²) in [5.41, 5.74) is 0. The molecule has 8 heteroatoms. The van der Waals surface area contributed by atoms with Crippen LogP contribution >= 0.6 is 7.60 Å². The summed E-state index contributed by atoms with van der Waals surface area (Å²) in [6.07, 6.45) is 15.6. The molecule has 0 aromatic heterocycles. The lowest BCUT2D eigenvalue weighted by molar-refractivity contribution is -0.622. The maximum Gasteiger partial charge on any atom is 0.333 e. The minimum absolute atomic E-state index is 0.0623. The fraction of sp³-hybridized carbons (Fsp3) is 0.963. The topological polar surface area (TPSA) is 98.7 Å². The van der Waals surface area contributed by atoms with Gasteiger partial charge in [0.15, 0.2) is 0 Å². The van der Waals surface area contributed by atoms with Gasteiger partial charge in [0.25, 0.3) is 0 Å². The highest BCUT2D eigenvalue weighted by atomic mass is 31.2. The van der Waals surface area contributed by atoms with Crippen molar-refractivity contribution in [2.45, 2.75) is 117 Å². The Hall–Kier alpha value is -0.460. The Morgan fingerprint density at radius 3 is 2.06 bits per heavy atom. The molecule has 0 aliphatic rings. The van der Waals surface area contributed by atoms with E-state index in [1.807, 2.05) is 12.4 Å². The van der Waals surface area contributed by atoms with Crippen molar-refractivity contribution in [2.75, 3.05) is 39.6 Å². The van der Waals surface area contributed by atoms with Gasteiger partial charge in [-0.3, -0.25) is 9.36 Å². The van der Waals surface area contributed by atoms with Gasteiger partial charge < -0.3 is 24.2 Å². The summed E-state index contributed by atoms with van der Waals surface area (Å²) in [7, 11) is -1.86. The van der Waals surface area contributed by atoms with Gasteiger partial charge in [-0.1, -0.05) is 98.3 Å². The molecule has 210 valence electrons.